The Balaban J connectivity index is 0.00000200. The Labute approximate surface area is 132 Å². The van der Waals surface area contributed by atoms with Gasteiger partial charge in [-0.25, -0.2) is 4.79 Å². The second kappa shape index (κ2) is 7.73. The normalized spacial score (nSPS) is 14.9. The molecule has 0 saturated carbocycles. The smallest absolute Gasteiger partial charge is 0.870 e. The van der Waals surface area contributed by atoms with Gasteiger partial charge in [-0.1, -0.05) is 0 Å². The third kappa shape index (κ3) is 4.66. The van der Waals surface area contributed by atoms with Gasteiger partial charge in [-0.2, -0.15) is 13.2 Å². The predicted octanol–water partition coefficient (Wildman–Crippen LogP) is 0.221. The van der Waals surface area contributed by atoms with Crippen molar-refractivity contribution in [3.8, 4) is 0 Å². The zero-order chi connectivity index (χ0) is 14.0. The first-order valence-corrected chi connectivity index (χ1v) is 6.09. The number of carbonyl (C=O) groups is 1. The standard InChI is InChI=1S/C13H14F3NO2.Li.H2O/c14-13(15,16)10-8-9(12(18)19)4-5-11(10)17-6-2-1-3-7-17;;/h4-5,8H,1-3,6-7H2,(H,18,19);;1H2/q;+1;/p-1. The minimum absolute atomic E-state index is 0. The Hall–Kier alpha value is -1.16. The monoisotopic (exact) mass is 297 g/mol. The number of hydrogen-bond donors (Lipinski definition) is 1. The Kier molecular flexibility index (Phi) is 7.31. The number of aromatic carboxylic acids is 1. The van der Waals surface area contributed by atoms with E-state index < -0.39 is 17.7 Å². The first kappa shape index (κ1) is 19.8. The van der Waals surface area contributed by atoms with Crippen molar-refractivity contribution >= 4 is 11.7 Å². The van der Waals surface area contributed by atoms with Crippen LogP contribution < -0.4 is 23.8 Å². The van der Waals surface area contributed by atoms with Crippen LogP contribution in [0.4, 0.5) is 18.9 Å². The summed E-state index contributed by atoms with van der Waals surface area (Å²) in [4.78, 5) is 12.5. The second-order valence-corrected chi connectivity index (χ2v) is 4.58. The maximum absolute atomic E-state index is 13.0. The van der Waals surface area contributed by atoms with E-state index in [0.717, 1.165) is 19.3 Å². The maximum Gasteiger partial charge on any atom is 1.00 e. The van der Waals surface area contributed by atoms with Gasteiger partial charge < -0.3 is 15.5 Å². The van der Waals surface area contributed by atoms with Crippen molar-refractivity contribution in [3.63, 3.8) is 0 Å². The van der Waals surface area contributed by atoms with E-state index in [1.165, 1.54) is 12.1 Å². The molecule has 0 unspecified atom stereocenters. The van der Waals surface area contributed by atoms with Crippen molar-refractivity contribution in [2.24, 2.45) is 0 Å². The molecule has 0 atom stereocenters. The summed E-state index contributed by atoms with van der Waals surface area (Å²) in [6.07, 6.45) is -1.81. The number of rotatable bonds is 2. The summed E-state index contributed by atoms with van der Waals surface area (Å²) in [7, 11) is 0. The fourth-order valence-corrected chi connectivity index (χ4v) is 2.31. The van der Waals surface area contributed by atoms with Crippen molar-refractivity contribution in [3.05, 3.63) is 29.3 Å². The van der Waals surface area contributed by atoms with Gasteiger partial charge >= 0.3 is 31.0 Å². The first-order chi connectivity index (χ1) is 8.89. The van der Waals surface area contributed by atoms with E-state index in [9.17, 15) is 18.0 Å². The summed E-state index contributed by atoms with van der Waals surface area (Å²) in [5.41, 5.74) is -1.13. The molecule has 1 aliphatic heterocycles. The quantitative estimate of drug-likeness (QED) is 0.793. The molecule has 2 rings (SSSR count). The second-order valence-electron chi connectivity index (χ2n) is 4.58. The third-order valence-corrected chi connectivity index (χ3v) is 3.25. The van der Waals surface area contributed by atoms with E-state index in [1.807, 2.05) is 0 Å². The van der Waals surface area contributed by atoms with Crippen LogP contribution in [0.5, 0.6) is 0 Å². The van der Waals surface area contributed by atoms with Gasteiger partial charge in [0.15, 0.2) is 0 Å². The fraction of sp³-hybridized carbons (Fsp3) is 0.462. The maximum atomic E-state index is 13.0. The van der Waals surface area contributed by atoms with Crippen LogP contribution in [0.2, 0.25) is 0 Å². The Morgan fingerprint density at radius 3 is 2.19 bits per heavy atom. The molecule has 1 fully saturated rings. The van der Waals surface area contributed by atoms with E-state index >= 15 is 0 Å². The molecule has 0 bridgehead atoms. The van der Waals surface area contributed by atoms with Gasteiger partial charge in [0, 0.05) is 18.8 Å². The minimum Gasteiger partial charge on any atom is -0.870 e. The van der Waals surface area contributed by atoms with Crippen LogP contribution in [0.15, 0.2) is 18.2 Å². The van der Waals surface area contributed by atoms with Gasteiger partial charge in [0.1, 0.15) is 0 Å². The van der Waals surface area contributed by atoms with E-state index in [2.05, 4.69) is 0 Å². The number of piperidine rings is 1. The Morgan fingerprint density at radius 2 is 1.71 bits per heavy atom. The molecule has 0 spiro atoms. The number of anilines is 1. The Bertz CT molecular complexity index is 488. The molecule has 1 aromatic carbocycles. The number of carboxylic acid groups (broad SMARTS) is 1. The van der Waals surface area contributed by atoms with Crippen LogP contribution in [0.3, 0.4) is 0 Å². The SMILES string of the molecule is O=C(O)c1ccc(N2CCCCC2)c(C(F)(F)F)c1.[Li+].[OH-]. The van der Waals surface area contributed by atoms with Crippen LogP contribution in [-0.2, 0) is 6.18 Å². The molecule has 1 aromatic rings. The van der Waals surface area contributed by atoms with Gasteiger partial charge in [0.2, 0.25) is 0 Å². The van der Waals surface area contributed by atoms with Gasteiger partial charge in [0.05, 0.1) is 11.1 Å². The van der Waals surface area contributed by atoms with Crippen molar-refractivity contribution in [1.29, 1.82) is 0 Å². The molecule has 0 aliphatic carbocycles. The molecule has 8 heteroatoms. The molecule has 1 heterocycles. The summed E-state index contributed by atoms with van der Waals surface area (Å²) in [5.74, 6) is -1.35. The zero-order valence-electron chi connectivity index (χ0n) is 11.7. The number of halogens is 3. The molecular weight excluding hydrogens is 282 g/mol. The van der Waals surface area contributed by atoms with Gasteiger partial charge in [-0.05, 0) is 37.5 Å². The number of benzene rings is 1. The van der Waals surface area contributed by atoms with Gasteiger partial charge in [-0.3, -0.25) is 0 Å². The van der Waals surface area contributed by atoms with Crippen LogP contribution in [0.1, 0.15) is 35.2 Å². The van der Waals surface area contributed by atoms with E-state index in [-0.39, 0.29) is 35.6 Å². The van der Waals surface area contributed by atoms with Crippen molar-refractivity contribution in [2.75, 3.05) is 18.0 Å². The topological polar surface area (TPSA) is 70.5 Å². The number of alkyl halides is 3. The largest absolute Gasteiger partial charge is 1.00 e. The van der Waals surface area contributed by atoms with Crippen LogP contribution in [-0.4, -0.2) is 29.6 Å². The number of nitrogens with zero attached hydrogens (tertiary/aromatic N) is 1. The van der Waals surface area contributed by atoms with E-state index in [0.29, 0.717) is 19.2 Å². The van der Waals surface area contributed by atoms with Crippen molar-refractivity contribution in [1.82, 2.24) is 0 Å². The van der Waals surface area contributed by atoms with Crippen LogP contribution in [0.25, 0.3) is 0 Å². The van der Waals surface area contributed by atoms with Gasteiger partial charge in [0.25, 0.3) is 0 Å². The van der Waals surface area contributed by atoms with Gasteiger partial charge in [-0.15, -0.1) is 0 Å². The third-order valence-electron chi connectivity index (χ3n) is 3.25. The Morgan fingerprint density at radius 1 is 1.14 bits per heavy atom. The predicted molar refractivity (Wildman–Crippen MR) is 66.4 cm³/mol. The molecule has 0 amide bonds. The molecule has 4 nitrogen and oxygen atoms in total. The van der Waals surface area contributed by atoms with Crippen LogP contribution in [0, 0.1) is 0 Å². The summed E-state index contributed by atoms with van der Waals surface area (Å²) >= 11 is 0. The molecule has 0 radical (unpaired) electrons. The molecule has 1 aliphatic rings. The fourth-order valence-electron chi connectivity index (χ4n) is 2.31. The summed E-state index contributed by atoms with van der Waals surface area (Å²) < 4.78 is 39.1. The molecule has 112 valence electrons. The summed E-state index contributed by atoms with van der Waals surface area (Å²) in [5, 5.41) is 8.80. The minimum atomic E-state index is -4.54. The van der Waals surface area contributed by atoms with Crippen LogP contribution >= 0.6 is 0 Å². The average Bonchev–Trinajstić information content (AvgIpc) is 2.38. The average molecular weight is 297 g/mol. The van der Waals surface area contributed by atoms with E-state index in [4.69, 9.17) is 5.11 Å². The number of carboxylic acids is 1. The molecule has 21 heavy (non-hydrogen) atoms. The molecule has 0 aromatic heterocycles. The number of hydrogen-bond acceptors (Lipinski definition) is 3. The molecule has 2 N–H and O–H groups in total. The van der Waals surface area contributed by atoms with Crippen molar-refractivity contribution in [2.45, 2.75) is 25.4 Å². The first-order valence-electron chi connectivity index (χ1n) is 6.09. The summed E-state index contributed by atoms with van der Waals surface area (Å²) in [6, 6.07) is 3.20. The van der Waals surface area contributed by atoms with E-state index in [1.54, 1.807) is 4.90 Å². The zero-order valence-corrected chi connectivity index (χ0v) is 11.7. The molecule has 1 saturated heterocycles. The molecular formula is C13H15F3LiNO3. The van der Waals surface area contributed by atoms with Crippen molar-refractivity contribution < 1.29 is 47.4 Å². The summed E-state index contributed by atoms with van der Waals surface area (Å²) in [6.45, 7) is 1.16.